The average Bonchev–Trinajstić information content (AvgIpc) is 2.97. The topological polar surface area (TPSA) is 29.5 Å². The molecule has 0 spiro atoms. The van der Waals surface area contributed by atoms with Crippen LogP contribution in [0.4, 0.5) is 0 Å². The van der Waals surface area contributed by atoms with Gasteiger partial charge in [0, 0.05) is 29.6 Å². The van der Waals surface area contributed by atoms with Crippen molar-refractivity contribution in [2.75, 3.05) is 20.3 Å². The molecule has 2 aromatic rings. The van der Waals surface area contributed by atoms with Crippen molar-refractivity contribution in [2.45, 2.75) is 18.9 Å². The first-order valence-corrected chi connectivity index (χ1v) is 9.14. The zero-order chi connectivity index (χ0) is 17.8. The summed E-state index contributed by atoms with van der Waals surface area (Å²) in [7, 11) is 1.66. The fourth-order valence-electron chi connectivity index (χ4n) is 3.43. The number of nitrogens with zero attached hydrogens (tertiary/aromatic N) is 1. The van der Waals surface area contributed by atoms with Crippen LogP contribution in [-0.2, 0) is 16.0 Å². The minimum Gasteiger partial charge on any atom is -0.382 e. The first-order valence-electron chi connectivity index (χ1n) is 8.39. The standard InChI is InChI=1S/C20H21Cl2NO2/c1-25-13-19(14-6-3-2-4-7-14)23-11-10-15(20(23)24)12-16-17(21)8-5-9-18(16)22/h2-9,15,19H,10-13H2,1H3/t15-,19+/m0/s1. The fourth-order valence-corrected chi connectivity index (χ4v) is 3.99. The highest BCUT2D eigenvalue weighted by Gasteiger charge is 2.37. The number of carbonyl (C=O) groups is 1. The molecule has 0 bridgehead atoms. The van der Waals surface area contributed by atoms with E-state index in [0.717, 1.165) is 17.5 Å². The third-order valence-corrected chi connectivity index (χ3v) is 5.46. The number of hydrogen-bond donors (Lipinski definition) is 0. The zero-order valence-corrected chi connectivity index (χ0v) is 15.6. The van der Waals surface area contributed by atoms with E-state index in [-0.39, 0.29) is 17.9 Å². The van der Waals surface area contributed by atoms with Crippen LogP contribution in [0.25, 0.3) is 0 Å². The molecule has 1 heterocycles. The summed E-state index contributed by atoms with van der Waals surface area (Å²) >= 11 is 12.5. The minimum atomic E-state index is -0.0968. The largest absolute Gasteiger partial charge is 0.382 e. The molecule has 1 fully saturated rings. The minimum absolute atomic E-state index is 0.0644. The van der Waals surface area contributed by atoms with Crippen molar-refractivity contribution in [3.05, 3.63) is 69.7 Å². The summed E-state index contributed by atoms with van der Waals surface area (Å²) in [5.74, 6) is 0.0438. The van der Waals surface area contributed by atoms with Crippen molar-refractivity contribution in [3.63, 3.8) is 0 Å². The van der Waals surface area contributed by atoms with E-state index in [0.29, 0.717) is 29.6 Å². The Morgan fingerprint density at radius 2 is 1.80 bits per heavy atom. The van der Waals surface area contributed by atoms with Crippen LogP contribution in [0.15, 0.2) is 48.5 Å². The van der Waals surface area contributed by atoms with Crippen molar-refractivity contribution in [1.82, 2.24) is 4.90 Å². The fraction of sp³-hybridized carbons (Fsp3) is 0.350. The molecule has 3 rings (SSSR count). The Balaban J connectivity index is 1.78. The van der Waals surface area contributed by atoms with Gasteiger partial charge < -0.3 is 9.64 Å². The molecule has 0 aromatic heterocycles. The van der Waals surface area contributed by atoms with Crippen molar-refractivity contribution in [3.8, 4) is 0 Å². The van der Waals surface area contributed by atoms with E-state index in [1.165, 1.54) is 0 Å². The summed E-state index contributed by atoms with van der Waals surface area (Å²) in [6.07, 6.45) is 1.37. The van der Waals surface area contributed by atoms with Gasteiger partial charge in [-0.05, 0) is 36.1 Å². The van der Waals surface area contributed by atoms with E-state index in [1.807, 2.05) is 53.4 Å². The van der Waals surface area contributed by atoms with Crippen LogP contribution >= 0.6 is 23.2 Å². The molecule has 1 aliphatic rings. The lowest BCUT2D eigenvalue weighted by Crippen LogP contribution is -2.34. The number of likely N-dealkylation sites (tertiary alicyclic amines) is 1. The number of amides is 1. The first-order chi connectivity index (χ1) is 12.1. The van der Waals surface area contributed by atoms with Gasteiger partial charge in [-0.15, -0.1) is 0 Å². The van der Waals surface area contributed by atoms with Gasteiger partial charge in [-0.25, -0.2) is 0 Å². The monoisotopic (exact) mass is 377 g/mol. The molecule has 0 radical (unpaired) electrons. The first kappa shape index (κ1) is 18.2. The number of benzene rings is 2. The van der Waals surface area contributed by atoms with Gasteiger partial charge in [-0.1, -0.05) is 59.6 Å². The maximum absolute atomic E-state index is 13.0. The van der Waals surface area contributed by atoms with Crippen LogP contribution in [0.3, 0.4) is 0 Å². The number of carbonyl (C=O) groups excluding carboxylic acids is 1. The van der Waals surface area contributed by atoms with Crippen molar-refractivity contribution >= 4 is 29.1 Å². The Labute approximate surface area is 158 Å². The maximum atomic E-state index is 13.0. The SMILES string of the molecule is COC[C@H](c1ccccc1)N1CC[C@@H](Cc2c(Cl)cccc2Cl)C1=O. The van der Waals surface area contributed by atoms with E-state index >= 15 is 0 Å². The Morgan fingerprint density at radius 3 is 2.44 bits per heavy atom. The Morgan fingerprint density at radius 1 is 1.12 bits per heavy atom. The van der Waals surface area contributed by atoms with Crippen molar-refractivity contribution in [2.24, 2.45) is 5.92 Å². The summed E-state index contributed by atoms with van der Waals surface area (Å²) in [5.41, 5.74) is 1.95. The van der Waals surface area contributed by atoms with Crippen molar-refractivity contribution < 1.29 is 9.53 Å². The number of hydrogen-bond acceptors (Lipinski definition) is 2. The van der Waals surface area contributed by atoms with Gasteiger partial charge in [0.1, 0.15) is 0 Å². The van der Waals surface area contributed by atoms with Crippen LogP contribution in [0, 0.1) is 5.92 Å². The van der Waals surface area contributed by atoms with Crippen molar-refractivity contribution in [1.29, 1.82) is 0 Å². The normalized spacial score (nSPS) is 18.6. The lowest BCUT2D eigenvalue weighted by Gasteiger charge is -2.28. The highest BCUT2D eigenvalue weighted by atomic mass is 35.5. The van der Waals surface area contributed by atoms with Gasteiger partial charge >= 0.3 is 0 Å². The van der Waals surface area contributed by atoms with E-state index in [4.69, 9.17) is 27.9 Å². The molecule has 2 atom stereocenters. The summed E-state index contributed by atoms with van der Waals surface area (Å²) in [5, 5.41) is 1.24. The molecular weight excluding hydrogens is 357 g/mol. The highest BCUT2D eigenvalue weighted by molar-refractivity contribution is 6.36. The van der Waals surface area contributed by atoms with Gasteiger partial charge in [-0.2, -0.15) is 0 Å². The molecule has 132 valence electrons. The number of ether oxygens (including phenoxy) is 1. The molecule has 0 saturated carbocycles. The van der Waals surface area contributed by atoms with E-state index in [1.54, 1.807) is 7.11 Å². The highest BCUT2D eigenvalue weighted by Crippen LogP contribution is 2.34. The van der Waals surface area contributed by atoms with Gasteiger partial charge in [0.05, 0.1) is 12.6 Å². The maximum Gasteiger partial charge on any atom is 0.226 e. The average molecular weight is 378 g/mol. The molecular formula is C20H21Cl2NO2. The quantitative estimate of drug-likeness (QED) is 0.725. The number of halogens is 2. The Kier molecular flexibility index (Phi) is 6.00. The molecule has 0 N–H and O–H groups in total. The lowest BCUT2D eigenvalue weighted by molar-refractivity contribution is -0.134. The Bertz CT molecular complexity index is 715. The van der Waals surface area contributed by atoms with Crippen LogP contribution in [0.2, 0.25) is 10.0 Å². The van der Waals surface area contributed by atoms with Crippen LogP contribution < -0.4 is 0 Å². The van der Waals surface area contributed by atoms with Gasteiger partial charge in [0.2, 0.25) is 5.91 Å². The number of rotatable bonds is 6. The van der Waals surface area contributed by atoms with E-state index in [2.05, 4.69) is 0 Å². The molecule has 25 heavy (non-hydrogen) atoms. The Hall–Kier alpha value is -1.55. The molecule has 1 aliphatic heterocycles. The summed E-state index contributed by atoms with van der Waals surface area (Å²) in [6, 6.07) is 15.4. The van der Waals surface area contributed by atoms with Crippen LogP contribution in [0.5, 0.6) is 0 Å². The predicted molar refractivity (Wildman–Crippen MR) is 101 cm³/mol. The van der Waals surface area contributed by atoms with Crippen LogP contribution in [-0.4, -0.2) is 31.1 Å². The van der Waals surface area contributed by atoms with E-state index in [9.17, 15) is 4.79 Å². The molecule has 2 aromatic carbocycles. The lowest BCUT2D eigenvalue weighted by atomic mass is 9.97. The molecule has 0 unspecified atom stereocenters. The van der Waals surface area contributed by atoms with Crippen LogP contribution in [0.1, 0.15) is 23.6 Å². The summed E-state index contributed by atoms with van der Waals surface area (Å²) < 4.78 is 5.37. The van der Waals surface area contributed by atoms with E-state index < -0.39 is 0 Å². The smallest absolute Gasteiger partial charge is 0.226 e. The summed E-state index contributed by atoms with van der Waals surface area (Å²) in [4.78, 5) is 14.9. The third kappa shape index (κ3) is 4.00. The zero-order valence-electron chi connectivity index (χ0n) is 14.1. The third-order valence-electron chi connectivity index (χ3n) is 4.75. The second kappa shape index (κ2) is 8.22. The molecule has 3 nitrogen and oxygen atoms in total. The second-order valence-corrected chi connectivity index (χ2v) is 7.12. The molecule has 0 aliphatic carbocycles. The van der Waals surface area contributed by atoms with Gasteiger partial charge in [-0.3, -0.25) is 4.79 Å². The molecule has 1 saturated heterocycles. The number of methoxy groups -OCH3 is 1. The van der Waals surface area contributed by atoms with Gasteiger partial charge in [0.25, 0.3) is 0 Å². The summed E-state index contributed by atoms with van der Waals surface area (Å²) in [6.45, 7) is 1.20. The molecule has 5 heteroatoms. The van der Waals surface area contributed by atoms with Gasteiger partial charge in [0.15, 0.2) is 0 Å². The predicted octanol–water partition coefficient (Wildman–Crippen LogP) is 4.77. The second-order valence-electron chi connectivity index (χ2n) is 6.30. The molecule has 1 amide bonds.